The number of ketones is 1. The summed E-state index contributed by atoms with van der Waals surface area (Å²) in [7, 11) is 0. The lowest BCUT2D eigenvalue weighted by Gasteiger charge is -2.63. The number of alkyl halides is 1. The van der Waals surface area contributed by atoms with Gasteiger partial charge in [0.05, 0.1) is 18.5 Å². The highest BCUT2D eigenvalue weighted by Gasteiger charge is 2.78. The van der Waals surface area contributed by atoms with Crippen molar-refractivity contribution in [2.75, 3.05) is 0 Å². The minimum absolute atomic E-state index is 0.0924. The third-order valence-electron chi connectivity index (χ3n) is 9.50. The number of carboxylic acids is 1. The smallest absolute Gasteiger partial charge is 0.375 e. The quantitative estimate of drug-likeness (QED) is 0.553. The summed E-state index contributed by atoms with van der Waals surface area (Å²) in [5.41, 5.74) is -6.90. The van der Waals surface area contributed by atoms with Crippen molar-refractivity contribution in [3.8, 4) is 0 Å². The summed E-state index contributed by atoms with van der Waals surface area (Å²) < 4.78 is 28.1. The number of esters is 1. The van der Waals surface area contributed by atoms with Crippen LogP contribution in [0.15, 0.2) is 46.6 Å². The van der Waals surface area contributed by atoms with Gasteiger partial charge in [0.15, 0.2) is 11.5 Å². The second-order valence-corrected chi connectivity index (χ2v) is 11.0. The van der Waals surface area contributed by atoms with Gasteiger partial charge < -0.3 is 24.5 Å². The predicted octanol–water partition coefficient (Wildman–Crippen LogP) is 2.85. The first-order valence-corrected chi connectivity index (χ1v) is 11.8. The average Bonchev–Trinajstić information content (AvgIpc) is 3.39. The molecule has 0 saturated heterocycles. The molecule has 0 amide bonds. The molecule has 9 atom stereocenters. The third-order valence-corrected chi connectivity index (χ3v) is 9.50. The molecule has 3 saturated carbocycles. The van der Waals surface area contributed by atoms with Gasteiger partial charge in [-0.25, -0.2) is 14.0 Å². The zero-order chi connectivity index (χ0) is 25.6. The molecule has 0 unspecified atom stereocenters. The van der Waals surface area contributed by atoms with Crippen molar-refractivity contribution in [2.24, 2.45) is 28.6 Å². The minimum Gasteiger partial charge on any atom is -0.478 e. The number of carbonyl (C=O) groups is 3. The van der Waals surface area contributed by atoms with Gasteiger partial charge in [0, 0.05) is 22.7 Å². The van der Waals surface area contributed by atoms with Crippen LogP contribution in [0.25, 0.3) is 0 Å². The van der Waals surface area contributed by atoms with Crippen molar-refractivity contribution < 1.29 is 43.2 Å². The lowest BCUT2D eigenvalue weighted by atomic mass is 9.44. The van der Waals surface area contributed by atoms with E-state index in [-0.39, 0.29) is 36.4 Å². The van der Waals surface area contributed by atoms with Gasteiger partial charge in [-0.3, -0.25) is 4.79 Å². The lowest BCUT2D eigenvalue weighted by molar-refractivity contribution is -0.231. The van der Waals surface area contributed by atoms with Gasteiger partial charge in [-0.1, -0.05) is 19.9 Å². The number of carbonyl (C=O) groups excluding carboxylic acids is 2. The number of furan rings is 1. The first-order chi connectivity index (χ1) is 16.3. The van der Waals surface area contributed by atoms with Gasteiger partial charge in [0.1, 0.15) is 0 Å². The molecule has 188 valence electrons. The number of aliphatic hydroxyl groups is 2. The highest BCUT2D eigenvalue weighted by molar-refractivity contribution is 6.01. The summed E-state index contributed by atoms with van der Waals surface area (Å²) in [5, 5.41) is 32.8. The van der Waals surface area contributed by atoms with Gasteiger partial charge in [-0.15, -0.1) is 0 Å². The van der Waals surface area contributed by atoms with Crippen molar-refractivity contribution in [3.63, 3.8) is 0 Å². The van der Waals surface area contributed by atoms with Gasteiger partial charge in [-0.2, -0.15) is 0 Å². The molecular weight excluding hydrogens is 459 g/mol. The van der Waals surface area contributed by atoms with Crippen LogP contribution < -0.4 is 0 Å². The highest BCUT2D eigenvalue weighted by atomic mass is 19.1. The Hall–Kier alpha value is -2.78. The number of aliphatic carboxylic acids is 1. The van der Waals surface area contributed by atoms with Crippen molar-refractivity contribution in [2.45, 2.75) is 63.5 Å². The van der Waals surface area contributed by atoms with E-state index < -0.39 is 64.0 Å². The molecule has 5 rings (SSSR count). The molecule has 35 heavy (non-hydrogen) atoms. The summed E-state index contributed by atoms with van der Waals surface area (Å²) in [6.07, 6.45) is 2.20. The molecule has 1 heterocycles. The Morgan fingerprint density at radius 1 is 1.20 bits per heavy atom. The number of hydrogen-bond donors (Lipinski definition) is 3. The van der Waals surface area contributed by atoms with Crippen LogP contribution in [0.3, 0.4) is 0 Å². The molecule has 0 radical (unpaired) electrons. The molecule has 4 aliphatic rings. The van der Waals surface area contributed by atoms with Crippen LogP contribution in [0.5, 0.6) is 0 Å². The number of halogens is 1. The molecule has 0 spiro atoms. The van der Waals surface area contributed by atoms with E-state index in [1.165, 1.54) is 36.6 Å². The number of allylic oxidation sites excluding steroid dienone is 3. The molecule has 0 bridgehead atoms. The maximum Gasteiger partial charge on any atom is 0.375 e. The van der Waals surface area contributed by atoms with Crippen LogP contribution in [-0.4, -0.2) is 56.5 Å². The van der Waals surface area contributed by atoms with Gasteiger partial charge in [-0.05, 0) is 62.0 Å². The molecule has 3 fully saturated rings. The predicted molar refractivity (Wildman–Crippen MR) is 119 cm³/mol. The maximum atomic E-state index is 17.3. The summed E-state index contributed by atoms with van der Waals surface area (Å²) in [6, 6.07) is 2.84. The molecule has 1 aromatic rings. The van der Waals surface area contributed by atoms with Crippen LogP contribution in [0.4, 0.5) is 4.39 Å². The average molecular weight is 489 g/mol. The highest BCUT2D eigenvalue weighted by Crippen LogP contribution is 2.71. The van der Waals surface area contributed by atoms with E-state index >= 15 is 4.39 Å². The monoisotopic (exact) mass is 488 g/mol. The molecule has 1 aromatic heterocycles. The Kier molecular flexibility index (Phi) is 5.04. The van der Waals surface area contributed by atoms with Crippen LogP contribution in [-0.2, 0) is 14.3 Å². The molecule has 9 heteroatoms. The third kappa shape index (κ3) is 2.76. The minimum atomic E-state index is -2.27. The van der Waals surface area contributed by atoms with Gasteiger partial charge >= 0.3 is 11.9 Å². The standard InChI is InChI=1S/C26H29FO8/c1-13-9-15-16-11-18(29)17-10-14(28)6-7-23(17,2)25(16,27)20(30)12-24(15,3)26(13,22(32)33)35-21(31)19-5-4-8-34-19/h4-8,10,13,15-16,18,20,29-30H,9,11-12H2,1-3H3,(H,32,33)/t13-,15+,16+,18-,20+,23+,24+,25+,26+/m1/s1. The van der Waals surface area contributed by atoms with Crippen molar-refractivity contribution >= 4 is 17.7 Å². The number of aliphatic hydroxyl groups excluding tert-OH is 2. The summed E-state index contributed by atoms with van der Waals surface area (Å²) in [5.74, 6) is -5.14. The molecule has 0 aliphatic heterocycles. The largest absolute Gasteiger partial charge is 0.478 e. The van der Waals surface area contributed by atoms with Gasteiger partial charge in [0.25, 0.3) is 0 Å². The number of rotatable bonds is 3. The summed E-state index contributed by atoms with van der Waals surface area (Å²) in [4.78, 5) is 37.7. The fraction of sp³-hybridized carbons (Fsp3) is 0.577. The summed E-state index contributed by atoms with van der Waals surface area (Å²) >= 11 is 0. The number of hydrogen-bond acceptors (Lipinski definition) is 7. The van der Waals surface area contributed by atoms with E-state index in [1.807, 2.05) is 0 Å². The van der Waals surface area contributed by atoms with Crippen LogP contribution in [0.2, 0.25) is 0 Å². The molecule has 3 N–H and O–H groups in total. The Morgan fingerprint density at radius 2 is 1.91 bits per heavy atom. The second kappa shape index (κ2) is 7.36. The molecular formula is C26H29FO8. The molecule has 8 nitrogen and oxygen atoms in total. The summed E-state index contributed by atoms with van der Waals surface area (Å²) in [6.45, 7) is 4.82. The molecule has 4 aliphatic carbocycles. The van der Waals surface area contributed by atoms with E-state index in [1.54, 1.807) is 20.8 Å². The van der Waals surface area contributed by atoms with Crippen LogP contribution >= 0.6 is 0 Å². The van der Waals surface area contributed by atoms with Crippen LogP contribution in [0.1, 0.15) is 50.6 Å². The van der Waals surface area contributed by atoms with Crippen LogP contribution in [0, 0.1) is 28.6 Å². The fourth-order valence-electron chi connectivity index (χ4n) is 7.88. The Morgan fingerprint density at radius 3 is 2.54 bits per heavy atom. The second-order valence-electron chi connectivity index (χ2n) is 11.0. The Labute approximate surface area is 201 Å². The first-order valence-electron chi connectivity index (χ1n) is 11.8. The van der Waals surface area contributed by atoms with E-state index in [4.69, 9.17) is 9.15 Å². The SMILES string of the molecule is C[C@@H]1C[C@H]2[C@@H]3C[C@@H](O)C4=CC(=O)C=C[C@]4(C)[C@@]3(F)[C@@H](O)C[C@]2(C)[C@@]1(OC(=O)c1ccco1)C(=O)O. The van der Waals surface area contributed by atoms with Crippen molar-refractivity contribution in [3.05, 3.63) is 48.0 Å². The van der Waals surface area contributed by atoms with E-state index in [0.29, 0.717) is 0 Å². The molecule has 0 aromatic carbocycles. The van der Waals surface area contributed by atoms with Gasteiger partial charge in [0.2, 0.25) is 11.4 Å². The number of ether oxygens (including phenoxy) is 1. The number of carboxylic acid groups (broad SMARTS) is 1. The zero-order valence-corrected chi connectivity index (χ0v) is 19.7. The van der Waals surface area contributed by atoms with E-state index in [0.717, 1.165) is 0 Å². The van der Waals surface area contributed by atoms with E-state index in [2.05, 4.69) is 0 Å². The fourth-order valence-corrected chi connectivity index (χ4v) is 7.88. The first kappa shape index (κ1) is 23.9. The lowest BCUT2D eigenvalue weighted by Crippen LogP contribution is -2.71. The van der Waals surface area contributed by atoms with Crippen molar-refractivity contribution in [1.82, 2.24) is 0 Å². The topological polar surface area (TPSA) is 134 Å². The maximum absolute atomic E-state index is 17.3. The Bertz CT molecular complexity index is 1160. The van der Waals surface area contributed by atoms with Crippen molar-refractivity contribution in [1.29, 1.82) is 0 Å². The zero-order valence-electron chi connectivity index (χ0n) is 19.7. The number of fused-ring (bicyclic) bond motifs is 5. The Balaban J connectivity index is 1.62. The van der Waals surface area contributed by atoms with E-state index in [9.17, 15) is 29.7 Å². The normalized spacial score (nSPS) is 46.3.